The normalized spacial score (nSPS) is 47.0. The highest BCUT2D eigenvalue weighted by Crippen LogP contribution is 2.56. The van der Waals surface area contributed by atoms with E-state index in [2.05, 4.69) is 19.1 Å². The van der Waals surface area contributed by atoms with E-state index in [1.807, 2.05) is 11.8 Å². The molecule has 4 nitrogen and oxygen atoms in total. The van der Waals surface area contributed by atoms with Crippen LogP contribution in [0, 0.1) is 11.8 Å². The molecule has 4 heteroatoms. The lowest BCUT2D eigenvalue weighted by Crippen LogP contribution is -2.39. The van der Waals surface area contributed by atoms with Gasteiger partial charge in [0.15, 0.2) is 0 Å². The van der Waals surface area contributed by atoms with E-state index in [1.165, 1.54) is 0 Å². The maximum Gasteiger partial charge on any atom is 0.229 e. The second-order valence-corrected chi connectivity index (χ2v) is 5.66. The van der Waals surface area contributed by atoms with Gasteiger partial charge in [0, 0.05) is 26.1 Å². The smallest absolute Gasteiger partial charge is 0.229 e. The molecule has 17 heavy (non-hydrogen) atoms. The quantitative estimate of drug-likeness (QED) is 0.682. The molecule has 0 aromatic carbocycles. The standard InChI is InChI=1S/C13H19NO3/c1-12-4-5-13(2,17-12)10-9(12)8-14(11(10)15)6-7-16-3/h4-5,9-10H,6-8H2,1-3H3/t9-,10-,12?,13?/m1/s1. The number of hydrogen-bond donors (Lipinski definition) is 0. The van der Waals surface area contributed by atoms with Crippen LogP contribution in [0.2, 0.25) is 0 Å². The van der Waals surface area contributed by atoms with Crippen LogP contribution in [0.25, 0.3) is 0 Å². The molecular formula is C13H19NO3. The fraction of sp³-hybridized carbons (Fsp3) is 0.769. The van der Waals surface area contributed by atoms with Gasteiger partial charge in [-0.1, -0.05) is 12.2 Å². The summed E-state index contributed by atoms with van der Waals surface area (Å²) >= 11 is 0. The number of amides is 1. The van der Waals surface area contributed by atoms with Crippen molar-refractivity contribution >= 4 is 5.91 Å². The monoisotopic (exact) mass is 237 g/mol. The molecule has 0 aromatic heterocycles. The minimum absolute atomic E-state index is 0.00523. The third kappa shape index (κ3) is 1.34. The molecule has 2 unspecified atom stereocenters. The Morgan fingerprint density at radius 1 is 1.47 bits per heavy atom. The van der Waals surface area contributed by atoms with Crippen molar-refractivity contribution in [3.63, 3.8) is 0 Å². The van der Waals surface area contributed by atoms with Crippen LogP contribution in [0.15, 0.2) is 12.2 Å². The number of carbonyl (C=O) groups is 1. The average molecular weight is 237 g/mol. The minimum atomic E-state index is -0.391. The molecule has 1 amide bonds. The molecule has 0 aromatic rings. The van der Waals surface area contributed by atoms with Gasteiger partial charge in [-0.3, -0.25) is 4.79 Å². The summed E-state index contributed by atoms with van der Waals surface area (Å²) < 4.78 is 11.1. The third-order valence-electron chi connectivity index (χ3n) is 4.50. The molecule has 0 N–H and O–H groups in total. The maximum absolute atomic E-state index is 12.4. The highest BCUT2D eigenvalue weighted by Gasteiger charge is 2.66. The average Bonchev–Trinajstić information content (AvgIpc) is 2.83. The van der Waals surface area contributed by atoms with Crippen LogP contribution in [-0.4, -0.2) is 48.8 Å². The molecular weight excluding hydrogens is 218 g/mol. The van der Waals surface area contributed by atoms with Gasteiger partial charge in [-0.2, -0.15) is 0 Å². The lowest BCUT2D eigenvalue weighted by molar-refractivity contribution is -0.136. The van der Waals surface area contributed by atoms with Crippen molar-refractivity contribution < 1.29 is 14.3 Å². The second kappa shape index (κ2) is 3.33. The Morgan fingerprint density at radius 3 is 2.82 bits per heavy atom. The van der Waals surface area contributed by atoms with Crippen molar-refractivity contribution in [2.24, 2.45) is 11.8 Å². The lowest BCUT2D eigenvalue weighted by Gasteiger charge is -2.26. The number of nitrogens with zero attached hydrogens (tertiary/aromatic N) is 1. The summed E-state index contributed by atoms with van der Waals surface area (Å²) in [5.41, 5.74) is -0.644. The Hall–Kier alpha value is -0.870. The van der Waals surface area contributed by atoms with Crippen LogP contribution in [0.4, 0.5) is 0 Å². The van der Waals surface area contributed by atoms with Gasteiger partial charge in [0.1, 0.15) is 0 Å². The van der Waals surface area contributed by atoms with Crippen molar-refractivity contribution in [3.8, 4) is 0 Å². The molecule has 94 valence electrons. The predicted molar refractivity (Wildman–Crippen MR) is 62.5 cm³/mol. The van der Waals surface area contributed by atoms with Gasteiger partial charge >= 0.3 is 0 Å². The van der Waals surface area contributed by atoms with Crippen LogP contribution in [0.1, 0.15) is 13.8 Å². The molecule has 2 fully saturated rings. The van der Waals surface area contributed by atoms with E-state index in [9.17, 15) is 4.79 Å². The zero-order valence-corrected chi connectivity index (χ0v) is 10.6. The molecule has 3 rings (SSSR count). The van der Waals surface area contributed by atoms with E-state index in [1.54, 1.807) is 7.11 Å². The Labute approximate surface area is 102 Å². The van der Waals surface area contributed by atoms with Crippen molar-refractivity contribution in [3.05, 3.63) is 12.2 Å². The van der Waals surface area contributed by atoms with Crippen LogP contribution >= 0.6 is 0 Å². The first-order chi connectivity index (χ1) is 8.00. The number of ether oxygens (including phenoxy) is 2. The van der Waals surface area contributed by atoms with E-state index >= 15 is 0 Å². The summed E-state index contributed by atoms with van der Waals surface area (Å²) in [5, 5.41) is 0. The molecule has 3 aliphatic heterocycles. The largest absolute Gasteiger partial charge is 0.383 e. The van der Waals surface area contributed by atoms with Crippen LogP contribution in [-0.2, 0) is 14.3 Å². The van der Waals surface area contributed by atoms with E-state index in [-0.39, 0.29) is 17.4 Å². The highest BCUT2D eigenvalue weighted by atomic mass is 16.5. The predicted octanol–water partition coefficient (Wildman–Crippen LogP) is 0.825. The van der Waals surface area contributed by atoms with Gasteiger partial charge in [0.05, 0.1) is 23.7 Å². The second-order valence-electron chi connectivity index (χ2n) is 5.66. The molecule has 3 heterocycles. The summed E-state index contributed by atoms with van der Waals surface area (Å²) in [5.74, 6) is 0.513. The van der Waals surface area contributed by atoms with Gasteiger partial charge in [0.2, 0.25) is 5.91 Å². The first kappa shape index (κ1) is 11.2. The van der Waals surface area contributed by atoms with Crippen LogP contribution in [0.5, 0.6) is 0 Å². The Bertz CT molecular complexity index is 394. The zero-order chi connectivity index (χ0) is 12.3. The fourth-order valence-electron chi connectivity index (χ4n) is 3.60. The third-order valence-corrected chi connectivity index (χ3v) is 4.50. The Kier molecular flexibility index (Phi) is 2.20. The zero-order valence-electron chi connectivity index (χ0n) is 10.6. The number of likely N-dealkylation sites (tertiary alicyclic amines) is 1. The molecule has 3 aliphatic rings. The summed E-state index contributed by atoms with van der Waals surface area (Å²) in [6.07, 6.45) is 4.19. The fourth-order valence-corrected chi connectivity index (χ4v) is 3.60. The van der Waals surface area contributed by atoms with Gasteiger partial charge in [0.25, 0.3) is 0 Å². The van der Waals surface area contributed by atoms with Crippen LogP contribution < -0.4 is 0 Å². The van der Waals surface area contributed by atoms with E-state index in [0.29, 0.717) is 19.1 Å². The molecule has 0 spiro atoms. The van der Waals surface area contributed by atoms with Crippen LogP contribution in [0.3, 0.4) is 0 Å². The topological polar surface area (TPSA) is 38.8 Å². The lowest BCUT2D eigenvalue weighted by atomic mass is 9.73. The summed E-state index contributed by atoms with van der Waals surface area (Å²) in [4.78, 5) is 14.3. The number of rotatable bonds is 3. The minimum Gasteiger partial charge on any atom is -0.383 e. The summed E-state index contributed by atoms with van der Waals surface area (Å²) in [6.45, 7) is 6.20. The van der Waals surface area contributed by atoms with E-state index in [0.717, 1.165) is 6.54 Å². The number of carbonyl (C=O) groups excluding carboxylic acids is 1. The number of methoxy groups -OCH3 is 1. The Morgan fingerprint density at radius 2 is 2.18 bits per heavy atom. The van der Waals surface area contributed by atoms with Crippen molar-refractivity contribution in [2.75, 3.05) is 26.8 Å². The highest BCUT2D eigenvalue weighted by molar-refractivity contribution is 5.84. The van der Waals surface area contributed by atoms with Gasteiger partial charge in [-0.05, 0) is 13.8 Å². The van der Waals surface area contributed by atoms with Gasteiger partial charge in [-0.15, -0.1) is 0 Å². The first-order valence-corrected chi connectivity index (χ1v) is 6.18. The molecule has 2 bridgehead atoms. The molecule has 2 saturated heterocycles. The van der Waals surface area contributed by atoms with E-state index < -0.39 is 5.60 Å². The van der Waals surface area contributed by atoms with Gasteiger partial charge < -0.3 is 14.4 Å². The first-order valence-electron chi connectivity index (χ1n) is 6.18. The van der Waals surface area contributed by atoms with Crippen molar-refractivity contribution in [2.45, 2.75) is 25.0 Å². The van der Waals surface area contributed by atoms with E-state index in [4.69, 9.17) is 9.47 Å². The van der Waals surface area contributed by atoms with Crippen molar-refractivity contribution in [1.29, 1.82) is 0 Å². The summed E-state index contributed by atoms with van der Waals surface area (Å²) in [7, 11) is 1.67. The molecule has 0 aliphatic carbocycles. The Balaban J connectivity index is 1.85. The maximum atomic E-state index is 12.4. The SMILES string of the molecule is COCCN1C[C@@H]2[C@H](C1=O)C1(C)C=CC2(C)O1. The summed E-state index contributed by atoms with van der Waals surface area (Å²) in [6, 6.07) is 0. The van der Waals surface area contributed by atoms with Crippen molar-refractivity contribution in [1.82, 2.24) is 4.90 Å². The van der Waals surface area contributed by atoms with Gasteiger partial charge in [-0.25, -0.2) is 0 Å². The molecule has 0 radical (unpaired) electrons. The number of fused-ring (bicyclic) bond motifs is 5. The molecule has 0 saturated carbocycles. The molecule has 4 atom stereocenters. The number of hydrogen-bond acceptors (Lipinski definition) is 3.